The summed E-state index contributed by atoms with van der Waals surface area (Å²) in [6, 6.07) is 12.1. The highest BCUT2D eigenvalue weighted by Gasteiger charge is 2.17. The number of imidazole rings is 1. The van der Waals surface area contributed by atoms with Gasteiger partial charge < -0.3 is 9.36 Å². The van der Waals surface area contributed by atoms with Crippen LogP contribution in [-0.2, 0) is 24.9 Å². The Labute approximate surface area is 164 Å². The predicted molar refractivity (Wildman–Crippen MR) is 111 cm³/mol. The minimum absolute atomic E-state index is 0.0932. The van der Waals surface area contributed by atoms with Crippen molar-refractivity contribution in [3.63, 3.8) is 0 Å². The third kappa shape index (κ3) is 2.84. The van der Waals surface area contributed by atoms with E-state index < -0.39 is 0 Å². The SMILES string of the molecule is Cc1cccc2c1c(Cn1c(=O)n(CCC=O)c3c(Br)cccc31)cn2C. The van der Waals surface area contributed by atoms with Crippen LogP contribution in [0.5, 0.6) is 0 Å². The second kappa shape index (κ2) is 6.85. The number of aromatic nitrogens is 3. The fourth-order valence-electron chi connectivity index (χ4n) is 3.90. The number of aryl methyl sites for hydroxylation is 3. The van der Waals surface area contributed by atoms with Gasteiger partial charge in [-0.3, -0.25) is 9.13 Å². The lowest BCUT2D eigenvalue weighted by Crippen LogP contribution is -2.25. The number of halogens is 1. The highest BCUT2D eigenvalue weighted by molar-refractivity contribution is 9.10. The Morgan fingerprint density at radius 1 is 1.07 bits per heavy atom. The molecule has 4 aromatic rings. The first-order valence-corrected chi connectivity index (χ1v) is 9.67. The van der Waals surface area contributed by atoms with E-state index in [-0.39, 0.29) is 5.69 Å². The third-order valence-electron chi connectivity index (χ3n) is 5.09. The summed E-state index contributed by atoms with van der Waals surface area (Å²) in [6.07, 6.45) is 3.25. The maximum absolute atomic E-state index is 13.2. The molecule has 0 bridgehead atoms. The van der Waals surface area contributed by atoms with Crippen LogP contribution >= 0.6 is 15.9 Å². The minimum Gasteiger partial charge on any atom is -0.350 e. The molecule has 0 aliphatic heterocycles. The topological polar surface area (TPSA) is 48.9 Å². The van der Waals surface area contributed by atoms with Crippen molar-refractivity contribution in [2.45, 2.75) is 26.4 Å². The minimum atomic E-state index is -0.0932. The van der Waals surface area contributed by atoms with Crippen molar-refractivity contribution in [1.29, 1.82) is 0 Å². The molecule has 0 unspecified atom stereocenters. The Morgan fingerprint density at radius 3 is 2.59 bits per heavy atom. The number of hydrogen-bond acceptors (Lipinski definition) is 2. The molecule has 0 aliphatic carbocycles. The Bertz CT molecular complexity index is 1230. The standard InChI is InChI=1S/C21H20BrN3O2/c1-14-6-3-8-17-19(14)15(12-23(17)2)13-25-18-9-4-7-16(22)20(18)24(21(25)27)10-5-11-26/h3-4,6-9,11-12H,5,10,13H2,1-2H3. The van der Waals surface area contributed by atoms with Crippen molar-refractivity contribution < 1.29 is 4.79 Å². The summed E-state index contributed by atoms with van der Waals surface area (Å²) in [5.74, 6) is 0. The summed E-state index contributed by atoms with van der Waals surface area (Å²) in [4.78, 5) is 24.0. The molecule has 0 atom stereocenters. The van der Waals surface area contributed by atoms with Crippen molar-refractivity contribution in [2.75, 3.05) is 0 Å². The number of nitrogens with zero attached hydrogens (tertiary/aromatic N) is 3. The molecule has 2 aromatic heterocycles. The van der Waals surface area contributed by atoms with Gasteiger partial charge in [-0.2, -0.15) is 0 Å². The van der Waals surface area contributed by atoms with Crippen LogP contribution in [0.3, 0.4) is 0 Å². The van der Waals surface area contributed by atoms with Crippen LogP contribution in [0.2, 0.25) is 0 Å². The zero-order chi connectivity index (χ0) is 19.1. The lowest BCUT2D eigenvalue weighted by molar-refractivity contribution is -0.108. The molecule has 0 spiro atoms. The van der Waals surface area contributed by atoms with Gasteiger partial charge in [-0.1, -0.05) is 18.2 Å². The zero-order valence-corrected chi connectivity index (χ0v) is 16.9. The van der Waals surface area contributed by atoms with Gasteiger partial charge in [0.1, 0.15) is 6.29 Å². The Balaban J connectivity index is 1.94. The van der Waals surface area contributed by atoms with E-state index in [1.54, 1.807) is 9.13 Å². The van der Waals surface area contributed by atoms with E-state index in [1.807, 2.05) is 25.2 Å². The molecule has 0 amide bonds. The van der Waals surface area contributed by atoms with Crippen LogP contribution in [0.15, 0.2) is 51.9 Å². The molecule has 2 heterocycles. The van der Waals surface area contributed by atoms with Crippen LogP contribution < -0.4 is 5.69 Å². The quantitative estimate of drug-likeness (QED) is 0.453. The summed E-state index contributed by atoms with van der Waals surface area (Å²) < 4.78 is 6.44. The molecule has 5 nitrogen and oxygen atoms in total. The Kier molecular flexibility index (Phi) is 4.52. The van der Waals surface area contributed by atoms with Crippen LogP contribution in [0.1, 0.15) is 17.5 Å². The lowest BCUT2D eigenvalue weighted by atomic mass is 10.1. The van der Waals surface area contributed by atoms with Gasteiger partial charge in [0.05, 0.1) is 17.6 Å². The molecule has 0 saturated carbocycles. The van der Waals surface area contributed by atoms with Crippen LogP contribution in [0, 0.1) is 6.92 Å². The monoisotopic (exact) mass is 425 g/mol. The first kappa shape index (κ1) is 17.8. The first-order valence-electron chi connectivity index (χ1n) is 8.87. The second-order valence-electron chi connectivity index (χ2n) is 6.82. The summed E-state index contributed by atoms with van der Waals surface area (Å²) >= 11 is 3.56. The molecule has 4 rings (SSSR count). The summed E-state index contributed by atoms with van der Waals surface area (Å²) in [6.45, 7) is 2.96. The van der Waals surface area contributed by atoms with E-state index in [0.29, 0.717) is 19.5 Å². The molecule has 0 saturated heterocycles. The van der Waals surface area contributed by atoms with Crippen molar-refractivity contribution in [2.24, 2.45) is 7.05 Å². The number of benzene rings is 2. The van der Waals surface area contributed by atoms with Gasteiger partial charge in [0, 0.05) is 41.6 Å². The largest absolute Gasteiger partial charge is 0.350 e. The Morgan fingerprint density at radius 2 is 1.81 bits per heavy atom. The highest BCUT2D eigenvalue weighted by atomic mass is 79.9. The number of hydrogen-bond donors (Lipinski definition) is 0. The van der Waals surface area contributed by atoms with E-state index in [0.717, 1.165) is 32.9 Å². The fourth-order valence-corrected chi connectivity index (χ4v) is 4.47. The fraction of sp³-hybridized carbons (Fsp3) is 0.238. The van der Waals surface area contributed by atoms with Crippen molar-refractivity contribution in [1.82, 2.24) is 13.7 Å². The van der Waals surface area contributed by atoms with Gasteiger partial charge >= 0.3 is 5.69 Å². The van der Waals surface area contributed by atoms with Crippen LogP contribution in [0.25, 0.3) is 21.9 Å². The smallest absolute Gasteiger partial charge is 0.329 e. The van der Waals surface area contributed by atoms with Crippen molar-refractivity contribution in [3.05, 3.63) is 68.7 Å². The lowest BCUT2D eigenvalue weighted by Gasteiger charge is -2.04. The molecule has 0 fully saturated rings. The van der Waals surface area contributed by atoms with E-state index in [2.05, 4.69) is 51.8 Å². The number of para-hydroxylation sites is 1. The number of aldehydes is 1. The van der Waals surface area contributed by atoms with Crippen LogP contribution in [0.4, 0.5) is 0 Å². The Hall–Kier alpha value is -2.60. The van der Waals surface area contributed by atoms with Gasteiger partial charge in [0.25, 0.3) is 0 Å². The third-order valence-corrected chi connectivity index (χ3v) is 5.73. The molecular weight excluding hydrogens is 406 g/mol. The number of rotatable bonds is 5. The van der Waals surface area contributed by atoms with E-state index in [4.69, 9.17) is 0 Å². The molecule has 0 radical (unpaired) electrons. The number of carbonyl (C=O) groups excluding carboxylic acids is 1. The number of carbonyl (C=O) groups is 1. The van der Waals surface area contributed by atoms with Gasteiger partial charge in [0.15, 0.2) is 0 Å². The molecule has 6 heteroatoms. The van der Waals surface area contributed by atoms with Gasteiger partial charge in [-0.05, 0) is 52.2 Å². The zero-order valence-electron chi connectivity index (χ0n) is 15.3. The normalized spacial score (nSPS) is 11.5. The molecule has 2 aromatic carbocycles. The second-order valence-corrected chi connectivity index (χ2v) is 7.67. The molecule has 27 heavy (non-hydrogen) atoms. The average Bonchev–Trinajstić information content (AvgIpc) is 3.11. The van der Waals surface area contributed by atoms with Gasteiger partial charge in [-0.25, -0.2) is 4.79 Å². The molecule has 0 aliphatic rings. The van der Waals surface area contributed by atoms with Crippen LogP contribution in [-0.4, -0.2) is 20.0 Å². The maximum Gasteiger partial charge on any atom is 0.329 e. The predicted octanol–water partition coefficient (Wildman–Crippen LogP) is 4.00. The molecular formula is C21H20BrN3O2. The van der Waals surface area contributed by atoms with Crippen molar-refractivity contribution >= 4 is 44.2 Å². The summed E-state index contributed by atoms with van der Waals surface area (Å²) in [5, 5.41) is 1.19. The van der Waals surface area contributed by atoms with E-state index in [1.165, 1.54) is 10.9 Å². The summed E-state index contributed by atoms with van der Waals surface area (Å²) in [5.41, 5.74) is 5.07. The molecule has 138 valence electrons. The first-order chi connectivity index (χ1) is 13.0. The van der Waals surface area contributed by atoms with E-state index >= 15 is 0 Å². The number of fused-ring (bicyclic) bond motifs is 2. The highest BCUT2D eigenvalue weighted by Crippen LogP contribution is 2.27. The summed E-state index contributed by atoms with van der Waals surface area (Å²) in [7, 11) is 2.03. The maximum atomic E-state index is 13.2. The van der Waals surface area contributed by atoms with Crippen molar-refractivity contribution in [3.8, 4) is 0 Å². The van der Waals surface area contributed by atoms with Gasteiger partial charge in [0.2, 0.25) is 0 Å². The molecule has 0 N–H and O–H groups in total. The average molecular weight is 426 g/mol. The van der Waals surface area contributed by atoms with E-state index in [9.17, 15) is 9.59 Å². The van der Waals surface area contributed by atoms with Gasteiger partial charge in [-0.15, -0.1) is 0 Å².